The zero-order valence-corrected chi connectivity index (χ0v) is 20.8. The Balaban J connectivity index is 1.05. The van der Waals surface area contributed by atoms with E-state index in [1.807, 2.05) is 10.7 Å². The number of nitrogens with zero attached hydrogens (tertiary/aromatic N) is 5. The Labute approximate surface area is 204 Å². The molecule has 34 heavy (non-hydrogen) atoms. The molecule has 6 nitrogen and oxygen atoms in total. The van der Waals surface area contributed by atoms with Gasteiger partial charge in [0.2, 0.25) is 5.91 Å². The van der Waals surface area contributed by atoms with Crippen LogP contribution in [-0.4, -0.2) is 76.2 Å². The van der Waals surface area contributed by atoms with Crippen LogP contribution in [0.15, 0.2) is 42.6 Å². The monoisotopic (exact) mass is 461 g/mol. The molecule has 3 fully saturated rings. The third-order valence-electron chi connectivity index (χ3n) is 8.26. The van der Waals surface area contributed by atoms with Crippen LogP contribution in [0.3, 0.4) is 0 Å². The maximum absolute atomic E-state index is 13.3. The molecule has 2 saturated heterocycles. The number of carbonyl (C=O) groups is 1. The molecular weight excluding hydrogens is 422 g/mol. The van der Waals surface area contributed by atoms with Crippen molar-refractivity contribution in [1.29, 1.82) is 0 Å². The summed E-state index contributed by atoms with van der Waals surface area (Å²) in [7, 11) is 0. The molecule has 6 heteroatoms. The lowest BCUT2D eigenvalue weighted by atomic mass is 9.90. The summed E-state index contributed by atoms with van der Waals surface area (Å²) in [5, 5.41) is 4.59. The summed E-state index contributed by atoms with van der Waals surface area (Å²) >= 11 is 0. The van der Waals surface area contributed by atoms with Crippen molar-refractivity contribution in [3.63, 3.8) is 0 Å². The highest BCUT2D eigenvalue weighted by Gasteiger charge is 2.59. The SMILES string of the molecule is CCn1cc(CN2CCC3(CC2)CC3C(=O)N2CCN(CC=Cc3ccccc3)CC2)c(C)n1. The molecule has 1 spiro atoms. The number of rotatable bonds is 7. The molecule has 3 heterocycles. The molecule has 1 atom stereocenters. The molecule has 1 aromatic carbocycles. The quantitative estimate of drug-likeness (QED) is 0.631. The summed E-state index contributed by atoms with van der Waals surface area (Å²) in [6.45, 7) is 13.0. The minimum Gasteiger partial charge on any atom is -0.340 e. The summed E-state index contributed by atoms with van der Waals surface area (Å²) in [5.41, 5.74) is 4.02. The number of hydrogen-bond acceptors (Lipinski definition) is 4. The van der Waals surface area contributed by atoms with Crippen LogP contribution in [-0.2, 0) is 17.9 Å². The standard InChI is InChI=1S/C28H39N5O/c1-3-33-22-25(23(2)29-33)21-31-14-11-28(12-15-31)20-26(28)27(34)32-18-16-30(17-19-32)13-7-10-24-8-5-4-6-9-24/h4-10,22,26H,3,11-21H2,1-2H3. The van der Waals surface area contributed by atoms with Crippen molar-refractivity contribution in [2.45, 2.75) is 46.2 Å². The van der Waals surface area contributed by atoms with Crippen molar-refractivity contribution in [2.24, 2.45) is 11.3 Å². The third kappa shape index (κ3) is 5.13. The van der Waals surface area contributed by atoms with E-state index in [4.69, 9.17) is 0 Å². The summed E-state index contributed by atoms with van der Waals surface area (Å²) in [4.78, 5) is 20.4. The van der Waals surface area contributed by atoms with Crippen LogP contribution in [0.2, 0.25) is 0 Å². The van der Waals surface area contributed by atoms with Gasteiger partial charge in [0.15, 0.2) is 0 Å². The molecule has 3 aliphatic rings. The molecule has 5 rings (SSSR count). The Bertz CT molecular complexity index is 997. The van der Waals surface area contributed by atoms with Crippen LogP contribution >= 0.6 is 0 Å². The zero-order valence-electron chi connectivity index (χ0n) is 20.8. The maximum atomic E-state index is 13.3. The molecule has 1 saturated carbocycles. The molecule has 0 radical (unpaired) electrons. The van der Waals surface area contributed by atoms with Gasteiger partial charge in [-0.15, -0.1) is 0 Å². The number of likely N-dealkylation sites (tertiary alicyclic amines) is 1. The fourth-order valence-electron chi connectivity index (χ4n) is 5.80. The van der Waals surface area contributed by atoms with Gasteiger partial charge >= 0.3 is 0 Å². The van der Waals surface area contributed by atoms with Crippen LogP contribution in [0.5, 0.6) is 0 Å². The summed E-state index contributed by atoms with van der Waals surface area (Å²) in [5.74, 6) is 0.691. The van der Waals surface area contributed by atoms with E-state index in [9.17, 15) is 4.79 Å². The van der Waals surface area contributed by atoms with Gasteiger partial charge in [-0.1, -0.05) is 42.5 Å². The van der Waals surface area contributed by atoms with E-state index in [2.05, 4.69) is 76.3 Å². The van der Waals surface area contributed by atoms with Crippen molar-refractivity contribution in [3.05, 3.63) is 59.4 Å². The first kappa shape index (κ1) is 23.3. The lowest BCUT2D eigenvalue weighted by molar-refractivity contribution is -0.135. The van der Waals surface area contributed by atoms with Crippen LogP contribution in [0.1, 0.15) is 43.0 Å². The fourth-order valence-corrected chi connectivity index (χ4v) is 5.80. The van der Waals surface area contributed by atoms with Gasteiger partial charge in [0.1, 0.15) is 0 Å². The van der Waals surface area contributed by atoms with E-state index in [0.29, 0.717) is 5.91 Å². The normalized spacial score (nSPS) is 23.1. The van der Waals surface area contributed by atoms with E-state index in [1.165, 1.54) is 11.1 Å². The Hall–Kier alpha value is -2.44. The van der Waals surface area contributed by atoms with Crippen LogP contribution in [0.4, 0.5) is 0 Å². The highest BCUT2D eigenvalue weighted by molar-refractivity contribution is 5.83. The summed E-state index contributed by atoms with van der Waals surface area (Å²) in [6, 6.07) is 10.4. The van der Waals surface area contributed by atoms with Crippen molar-refractivity contribution >= 4 is 12.0 Å². The van der Waals surface area contributed by atoms with Gasteiger partial charge in [-0.05, 0) is 57.2 Å². The molecule has 1 aliphatic carbocycles. The van der Waals surface area contributed by atoms with E-state index in [0.717, 1.165) is 83.9 Å². The third-order valence-corrected chi connectivity index (χ3v) is 8.26. The van der Waals surface area contributed by atoms with E-state index in [-0.39, 0.29) is 11.3 Å². The molecule has 2 aromatic rings. The van der Waals surface area contributed by atoms with Gasteiger partial charge in [0.05, 0.1) is 5.69 Å². The minimum absolute atomic E-state index is 0.267. The van der Waals surface area contributed by atoms with Gasteiger partial charge in [-0.25, -0.2) is 0 Å². The second kappa shape index (κ2) is 10.0. The number of piperidine rings is 1. The van der Waals surface area contributed by atoms with Gasteiger partial charge in [0, 0.05) is 63.5 Å². The number of aromatic nitrogens is 2. The number of hydrogen-bond donors (Lipinski definition) is 0. The lowest BCUT2D eigenvalue weighted by Gasteiger charge is -2.36. The number of amides is 1. The van der Waals surface area contributed by atoms with Crippen LogP contribution in [0.25, 0.3) is 6.08 Å². The van der Waals surface area contributed by atoms with Crippen LogP contribution < -0.4 is 0 Å². The van der Waals surface area contributed by atoms with Gasteiger partial charge < -0.3 is 4.90 Å². The van der Waals surface area contributed by atoms with Crippen molar-refractivity contribution in [1.82, 2.24) is 24.5 Å². The highest BCUT2D eigenvalue weighted by Crippen LogP contribution is 2.60. The predicted molar refractivity (Wildman–Crippen MR) is 136 cm³/mol. The number of aryl methyl sites for hydroxylation is 2. The number of piperazine rings is 1. The van der Waals surface area contributed by atoms with Crippen molar-refractivity contribution in [3.8, 4) is 0 Å². The minimum atomic E-state index is 0.267. The van der Waals surface area contributed by atoms with Crippen molar-refractivity contribution in [2.75, 3.05) is 45.8 Å². The molecule has 1 aromatic heterocycles. The fraction of sp³-hybridized carbons (Fsp3) is 0.571. The zero-order chi connectivity index (χ0) is 23.5. The molecule has 0 bridgehead atoms. The van der Waals surface area contributed by atoms with Gasteiger partial charge in [-0.3, -0.25) is 19.3 Å². The highest BCUT2D eigenvalue weighted by atomic mass is 16.2. The topological polar surface area (TPSA) is 44.6 Å². The first-order valence-electron chi connectivity index (χ1n) is 13.0. The van der Waals surface area contributed by atoms with E-state index >= 15 is 0 Å². The van der Waals surface area contributed by atoms with Gasteiger partial charge in [0.25, 0.3) is 0 Å². The van der Waals surface area contributed by atoms with Crippen molar-refractivity contribution < 1.29 is 4.79 Å². The number of carbonyl (C=O) groups excluding carboxylic acids is 1. The average molecular weight is 462 g/mol. The number of benzene rings is 1. The molecule has 2 aliphatic heterocycles. The average Bonchev–Trinajstić information content (AvgIpc) is 3.45. The summed E-state index contributed by atoms with van der Waals surface area (Å²) in [6.07, 6.45) is 10.1. The Kier molecular flexibility index (Phi) is 6.89. The first-order valence-corrected chi connectivity index (χ1v) is 13.0. The first-order chi connectivity index (χ1) is 16.6. The largest absolute Gasteiger partial charge is 0.340 e. The Morgan fingerprint density at radius 1 is 1.06 bits per heavy atom. The lowest BCUT2D eigenvalue weighted by Crippen LogP contribution is -2.49. The molecule has 182 valence electrons. The molecule has 1 amide bonds. The second-order valence-electron chi connectivity index (χ2n) is 10.4. The molecule has 1 unspecified atom stereocenters. The van der Waals surface area contributed by atoms with E-state index in [1.54, 1.807) is 0 Å². The maximum Gasteiger partial charge on any atom is 0.226 e. The van der Waals surface area contributed by atoms with Crippen LogP contribution in [0, 0.1) is 18.3 Å². The van der Waals surface area contributed by atoms with Gasteiger partial charge in [-0.2, -0.15) is 5.10 Å². The molecule has 0 N–H and O–H groups in total. The molecular formula is C28H39N5O. The van der Waals surface area contributed by atoms with E-state index < -0.39 is 0 Å². The second-order valence-corrected chi connectivity index (χ2v) is 10.4. The smallest absolute Gasteiger partial charge is 0.226 e. The predicted octanol–water partition coefficient (Wildman–Crippen LogP) is 3.67. The Morgan fingerprint density at radius 3 is 2.47 bits per heavy atom. The summed E-state index contributed by atoms with van der Waals surface area (Å²) < 4.78 is 2.03. The Morgan fingerprint density at radius 2 is 1.79 bits per heavy atom.